The van der Waals surface area contributed by atoms with E-state index < -0.39 is 11.9 Å². The summed E-state index contributed by atoms with van der Waals surface area (Å²) >= 11 is 0. The molecular formula is C29H43NO4. The molecule has 0 bridgehead atoms. The molecule has 0 unspecified atom stereocenters. The number of rotatable bonds is 16. The molecule has 0 spiro atoms. The molecule has 0 fully saturated rings. The fourth-order valence-corrected chi connectivity index (χ4v) is 4.12. The normalized spacial score (nSPS) is 10.4. The highest BCUT2D eigenvalue weighted by Gasteiger charge is 2.22. The Morgan fingerprint density at radius 1 is 0.676 bits per heavy atom. The number of nitrogens with zero attached hydrogens (tertiary/aromatic N) is 1. The molecule has 5 heteroatoms. The largest absolute Gasteiger partial charge is 0.478 e. The fraction of sp³-hybridized carbons (Fsp3) is 0.552. The van der Waals surface area contributed by atoms with Crippen LogP contribution in [0.2, 0.25) is 0 Å². The lowest BCUT2D eigenvalue weighted by Gasteiger charge is -2.15. The molecule has 2 N–H and O–H groups in total. The standard InChI is InChI=1S/C24H38O4.C5H5N/c1-3-5-7-9-11-13-15-19-17-18-21(23(25)26)22(24(27)28)20(19)16-14-12-10-8-6-4-2;1-2-4-6-5-3-1/h17-18H,3-16H2,1-2H3,(H,25,26)(H,27,28);1-5H. The van der Waals surface area contributed by atoms with E-state index in [0.717, 1.165) is 49.7 Å². The molecule has 0 aliphatic heterocycles. The smallest absolute Gasteiger partial charge is 0.336 e. The summed E-state index contributed by atoms with van der Waals surface area (Å²) in [6.07, 6.45) is 18.9. The van der Waals surface area contributed by atoms with Crippen molar-refractivity contribution in [3.63, 3.8) is 0 Å². The van der Waals surface area contributed by atoms with Crippen LogP contribution in [-0.2, 0) is 12.8 Å². The first kappa shape index (κ1) is 29.3. The third kappa shape index (κ3) is 12.0. The molecule has 1 aromatic heterocycles. The zero-order valence-electron chi connectivity index (χ0n) is 21.1. The highest BCUT2D eigenvalue weighted by molar-refractivity contribution is 6.03. The van der Waals surface area contributed by atoms with Crippen molar-refractivity contribution < 1.29 is 19.8 Å². The lowest BCUT2D eigenvalue weighted by molar-refractivity contribution is 0.0650. The van der Waals surface area contributed by atoms with Crippen LogP contribution in [0.4, 0.5) is 0 Å². The maximum Gasteiger partial charge on any atom is 0.336 e. The molecule has 0 saturated heterocycles. The lowest BCUT2D eigenvalue weighted by atomic mass is 9.89. The van der Waals surface area contributed by atoms with Gasteiger partial charge in [-0.05, 0) is 55.0 Å². The van der Waals surface area contributed by atoms with Gasteiger partial charge in [-0.25, -0.2) is 9.59 Å². The average Bonchev–Trinajstić information content (AvgIpc) is 2.84. The van der Waals surface area contributed by atoms with Crippen molar-refractivity contribution in [2.75, 3.05) is 0 Å². The third-order valence-electron chi connectivity index (χ3n) is 6.00. The van der Waals surface area contributed by atoms with Gasteiger partial charge in [0.25, 0.3) is 0 Å². The van der Waals surface area contributed by atoms with Gasteiger partial charge in [0.15, 0.2) is 0 Å². The molecule has 0 aliphatic carbocycles. The van der Waals surface area contributed by atoms with Gasteiger partial charge in [0.1, 0.15) is 0 Å². The molecule has 0 amide bonds. The topological polar surface area (TPSA) is 87.5 Å². The molecule has 188 valence electrons. The second kappa shape index (κ2) is 18.7. The van der Waals surface area contributed by atoms with Gasteiger partial charge in [-0.15, -0.1) is 0 Å². The maximum absolute atomic E-state index is 11.9. The highest BCUT2D eigenvalue weighted by Crippen LogP contribution is 2.25. The van der Waals surface area contributed by atoms with Crippen LogP contribution in [0.15, 0.2) is 42.7 Å². The van der Waals surface area contributed by atoms with Crippen LogP contribution in [-0.4, -0.2) is 27.1 Å². The molecule has 2 aromatic rings. The number of carboxylic acid groups (broad SMARTS) is 2. The second-order valence-electron chi connectivity index (χ2n) is 8.80. The number of carboxylic acids is 2. The van der Waals surface area contributed by atoms with Crippen LogP contribution < -0.4 is 0 Å². The summed E-state index contributed by atoms with van der Waals surface area (Å²) in [5, 5.41) is 19.1. The molecule has 1 heterocycles. The van der Waals surface area contributed by atoms with Crippen LogP contribution >= 0.6 is 0 Å². The Kier molecular flexibility index (Phi) is 16.1. The lowest BCUT2D eigenvalue weighted by Crippen LogP contribution is -2.14. The molecule has 0 saturated carbocycles. The van der Waals surface area contributed by atoms with E-state index in [4.69, 9.17) is 0 Å². The van der Waals surface area contributed by atoms with Gasteiger partial charge in [-0.3, -0.25) is 4.98 Å². The van der Waals surface area contributed by atoms with Gasteiger partial charge in [0.2, 0.25) is 0 Å². The van der Waals surface area contributed by atoms with Crippen LogP contribution in [0.1, 0.15) is 123 Å². The maximum atomic E-state index is 11.9. The van der Waals surface area contributed by atoms with Gasteiger partial charge < -0.3 is 10.2 Å². The SMILES string of the molecule is CCCCCCCCc1ccc(C(=O)O)c(C(=O)O)c1CCCCCCCC.c1ccncc1. The van der Waals surface area contributed by atoms with E-state index in [9.17, 15) is 19.8 Å². The van der Waals surface area contributed by atoms with Crippen molar-refractivity contribution in [1.82, 2.24) is 4.98 Å². The first-order chi connectivity index (χ1) is 16.5. The van der Waals surface area contributed by atoms with E-state index >= 15 is 0 Å². The van der Waals surface area contributed by atoms with Gasteiger partial charge in [0.05, 0.1) is 11.1 Å². The third-order valence-corrected chi connectivity index (χ3v) is 6.00. The number of aromatic carboxylic acids is 2. The van der Waals surface area contributed by atoms with E-state index in [2.05, 4.69) is 18.8 Å². The van der Waals surface area contributed by atoms with E-state index in [-0.39, 0.29) is 11.1 Å². The van der Waals surface area contributed by atoms with Crippen molar-refractivity contribution in [2.45, 2.75) is 104 Å². The summed E-state index contributed by atoms with van der Waals surface area (Å²) in [5.74, 6) is -2.28. The minimum absolute atomic E-state index is 0.00420. The van der Waals surface area contributed by atoms with E-state index in [0.29, 0.717) is 6.42 Å². The van der Waals surface area contributed by atoms with E-state index in [1.54, 1.807) is 12.4 Å². The number of aromatic nitrogens is 1. The zero-order chi connectivity index (χ0) is 25.0. The quantitative estimate of drug-likeness (QED) is 0.243. The van der Waals surface area contributed by atoms with Crippen LogP contribution in [0, 0.1) is 0 Å². The van der Waals surface area contributed by atoms with E-state index in [1.165, 1.54) is 51.0 Å². The minimum atomic E-state index is -1.16. The Morgan fingerprint density at radius 2 is 1.21 bits per heavy atom. The van der Waals surface area contributed by atoms with Crippen LogP contribution in [0.5, 0.6) is 0 Å². The monoisotopic (exact) mass is 469 g/mol. The number of benzene rings is 1. The number of hydrogen-bond donors (Lipinski definition) is 2. The Hall–Kier alpha value is -2.69. The summed E-state index contributed by atoms with van der Waals surface area (Å²) in [5.41, 5.74) is 1.69. The summed E-state index contributed by atoms with van der Waals surface area (Å²) in [6.45, 7) is 4.39. The minimum Gasteiger partial charge on any atom is -0.478 e. The first-order valence-corrected chi connectivity index (χ1v) is 13.0. The molecule has 5 nitrogen and oxygen atoms in total. The fourth-order valence-electron chi connectivity index (χ4n) is 4.12. The number of hydrogen-bond acceptors (Lipinski definition) is 3. The number of unbranched alkanes of at least 4 members (excludes halogenated alkanes) is 10. The zero-order valence-corrected chi connectivity index (χ0v) is 21.1. The van der Waals surface area contributed by atoms with Crippen molar-refractivity contribution in [1.29, 1.82) is 0 Å². The van der Waals surface area contributed by atoms with Crippen LogP contribution in [0.25, 0.3) is 0 Å². The first-order valence-electron chi connectivity index (χ1n) is 13.0. The van der Waals surface area contributed by atoms with E-state index in [1.807, 2.05) is 24.3 Å². The molecule has 0 radical (unpaired) electrons. The average molecular weight is 470 g/mol. The Morgan fingerprint density at radius 3 is 1.65 bits per heavy atom. The summed E-state index contributed by atoms with van der Waals surface area (Å²) < 4.78 is 0. The molecule has 0 atom stereocenters. The Labute approximate surface area is 205 Å². The number of carbonyl (C=O) groups is 2. The summed E-state index contributed by atoms with van der Waals surface area (Å²) in [4.78, 5) is 27.2. The van der Waals surface area contributed by atoms with Gasteiger partial charge in [-0.2, -0.15) is 0 Å². The predicted molar refractivity (Wildman–Crippen MR) is 139 cm³/mol. The molecular weight excluding hydrogens is 426 g/mol. The molecule has 2 rings (SSSR count). The summed E-state index contributed by atoms with van der Waals surface area (Å²) in [6, 6.07) is 9.03. The molecule has 1 aromatic carbocycles. The van der Waals surface area contributed by atoms with Gasteiger partial charge in [-0.1, -0.05) is 90.2 Å². The Bertz CT molecular complexity index is 794. The van der Waals surface area contributed by atoms with Gasteiger partial charge in [0, 0.05) is 12.4 Å². The van der Waals surface area contributed by atoms with Crippen molar-refractivity contribution in [3.8, 4) is 0 Å². The number of pyridine rings is 1. The molecule has 0 aliphatic rings. The second-order valence-corrected chi connectivity index (χ2v) is 8.80. The predicted octanol–water partition coefficient (Wildman–Crippen LogP) is 7.97. The highest BCUT2D eigenvalue weighted by atomic mass is 16.4. The van der Waals surface area contributed by atoms with Crippen molar-refractivity contribution >= 4 is 11.9 Å². The molecule has 34 heavy (non-hydrogen) atoms. The van der Waals surface area contributed by atoms with Crippen LogP contribution in [0.3, 0.4) is 0 Å². The van der Waals surface area contributed by atoms with Gasteiger partial charge >= 0.3 is 11.9 Å². The number of aryl methyl sites for hydroxylation is 1. The summed E-state index contributed by atoms with van der Waals surface area (Å²) in [7, 11) is 0. The van der Waals surface area contributed by atoms with Crippen molar-refractivity contribution in [2.24, 2.45) is 0 Å². The Balaban J connectivity index is 0.000000830. The van der Waals surface area contributed by atoms with Crippen molar-refractivity contribution in [3.05, 3.63) is 65.0 Å².